The Morgan fingerprint density at radius 2 is 1.06 bits per heavy atom. The second-order valence-corrected chi connectivity index (χ2v) is 38.7. The molecule has 2 aliphatic rings. The molecule has 17 nitrogen and oxygen atoms in total. The molecule has 2 aromatic carbocycles. The second-order valence-electron chi connectivity index (χ2n) is 18.8. The molecule has 0 atom stereocenters. The van der Waals surface area contributed by atoms with Crippen LogP contribution in [0.5, 0.6) is 11.5 Å². The quantitative estimate of drug-likeness (QED) is 0.121. The van der Waals surface area contributed by atoms with Crippen molar-refractivity contribution in [2.45, 2.75) is 111 Å². The van der Waals surface area contributed by atoms with E-state index in [1.165, 1.54) is 74.8 Å². The van der Waals surface area contributed by atoms with Crippen LogP contribution >= 0.6 is 11.6 Å². The number of nitrogens with zero attached hydrogens (tertiary/aromatic N) is 10. The first-order valence-electron chi connectivity index (χ1n) is 25.5. The molecule has 10 aromatic rings. The molecule has 0 amide bonds. The fourth-order valence-electron chi connectivity index (χ4n) is 10.5. The maximum absolute atomic E-state index is 6.33. The highest BCUT2D eigenvalue weighted by atomic mass is 35.5. The molecule has 4 N–H and O–H groups in total. The van der Waals surface area contributed by atoms with Crippen LogP contribution in [0.4, 0.5) is 5.82 Å². The number of nitrogens with two attached hydrogens (primary N) is 1. The number of nitrogen functional groups attached to an aromatic ring is 1. The monoisotopic (exact) mass is 1370 g/mol. The summed E-state index contributed by atoms with van der Waals surface area (Å²) in [7, 11) is 21.4. The Morgan fingerprint density at radius 3 is 1.52 bits per heavy atom. The van der Waals surface area contributed by atoms with Gasteiger partial charge in [0.15, 0.2) is 0 Å². The summed E-state index contributed by atoms with van der Waals surface area (Å²) in [6.45, 7) is 11.4. The summed E-state index contributed by atoms with van der Waals surface area (Å²) in [6, 6.07) is 13.2. The second kappa shape index (κ2) is 29.6. The van der Waals surface area contributed by atoms with Crippen LogP contribution < -0.4 is 15.2 Å². The van der Waals surface area contributed by atoms with Crippen LogP contribution in [0.15, 0.2) is 57.8 Å². The number of hydrogen-bond acceptors (Lipinski definition) is 15. The van der Waals surface area contributed by atoms with Gasteiger partial charge in [-0.15, -0.1) is 0 Å². The van der Waals surface area contributed by atoms with Crippen LogP contribution in [0, 0.1) is 41.5 Å². The van der Waals surface area contributed by atoms with E-state index >= 15 is 0 Å². The maximum Gasteiger partial charge on any atom is 0.143 e. The minimum absolute atomic E-state index is 0.427. The van der Waals surface area contributed by atoms with E-state index in [9.17, 15) is 0 Å². The molecule has 0 bridgehead atoms. The van der Waals surface area contributed by atoms with Gasteiger partial charge in [-0.1, -0.05) is 47.6 Å². The van der Waals surface area contributed by atoms with Gasteiger partial charge in [-0.2, -0.15) is 10.2 Å². The molecular weight excluding hydrogens is 1310 g/mol. The van der Waals surface area contributed by atoms with Crippen molar-refractivity contribution >= 4 is 181 Å². The Morgan fingerprint density at radius 1 is 0.610 bits per heavy atom. The normalized spacial score (nSPS) is 13.1. The van der Waals surface area contributed by atoms with Crippen LogP contribution in [0.1, 0.15) is 109 Å². The minimum atomic E-state index is 0.427. The number of methoxy groups -OCH3 is 2. The van der Waals surface area contributed by atoms with E-state index in [1.54, 1.807) is 100 Å². The van der Waals surface area contributed by atoms with Gasteiger partial charge in [0.05, 0.1) is 66.1 Å². The lowest BCUT2D eigenvalue weighted by molar-refractivity contribution is 0.393. The highest BCUT2D eigenvalue weighted by molar-refractivity contribution is 8.75. The average Bonchev–Trinajstić information content (AvgIpc) is 3.15. The number of anilines is 1. The summed E-state index contributed by atoms with van der Waals surface area (Å²) < 4.78 is 26.3. The van der Waals surface area contributed by atoms with Gasteiger partial charge in [0, 0.05) is 177 Å². The number of rotatable bonds is 8. The summed E-state index contributed by atoms with van der Waals surface area (Å²) in [5.74, 6) is 5.17. The Labute approximate surface area is 519 Å². The lowest BCUT2D eigenvalue weighted by Crippen LogP contribution is -2.11. The molecule has 12 rings (SSSR count). The first-order chi connectivity index (χ1) is 39.8. The fourth-order valence-corrected chi connectivity index (χ4v) is 35.5. The van der Waals surface area contributed by atoms with Crippen molar-refractivity contribution in [2.75, 3.05) is 20.0 Å². The van der Waals surface area contributed by atoms with E-state index in [0.717, 1.165) is 112 Å². The minimum Gasteiger partial charge on any atom is -0.496 e. The number of fused-ring (bicyclic) bond motifs is 6. The van der Waals surface area contributed by atoms with Crippen molar-refractivity contribution in [1.29, 1.82) is 0 Å². The largest absolute Gasteiger partial charge is 0.496 e. The van der Waals surface area contributed by atoms with E-state index < -0.39 is 0 Å². The van der Waals surface area contributed by atoms with Gasteiger partial charge in [-0.3, -0.25) is 4.68 Å². The third-order valence-electron chi connectivity index (χ3n) is 13.8. The number of nitrogens with one attached hydrogen (secondary N) is 2. The highest BCUT2D eigenvalue weighted by Gasteiger charge is 2.25. The zero-order valence-electron chi connectivity index (χ0n) is 45.5. The maximum atomic E-state index is 6.33. The number of halogens is 1. The van der Waals surface area contributed by atoms with Gasteiger partial charge < -0.3 is 34.2 Å². The molecule has 2 fully saturated rings. The van der Waals surface area contributed by atoms with E-state index in [2.05, 4.69) is 63.3 Å². The molecule has 31 heteroatoms. The summed E-state index contributed by atoms with van der Waals surface area (Å²) >= 11 is 15.7. The van der Waals surface area contributed by atoms with E-state index in [1.807, 2.05) is 70.6 Å². The molecule has 0 saturated heterocycles. The molecule has 8 aromatic heterocycles. The third kappa shape index (κ3) is 14.6. The average molecular weight is 1370 g/mol. The molecule has 0 unspecified atom stereocenters. The molecule has 434 valence electrons. The summed E-state index contributed by atoms with van der Waals surface area (Å²) in [4.78, 5) is 25.1. The topological polar surface area (TPSA) is 215 Å². The molecular formula is C51H56ClN13O4S13. The van der Waals surface area contributed by atoms with Crippen LogP contribution in [0.2, 0.25) is 5.15 Å². The van der Waals surface area contributed by atoms with Crippen LogP contribution in [0.3, 0.4) is 0 Å². The lowest BCUT2D eigenvalue weighted by Gasteiger charge is -2.14. The number of benzene rings is 2. The number of hydrogen-bond donors (Lipinski definition) is 3. The first-order valence-corrected chi connectivity index (χ1v) is 41.9. The molecule has 0 spiro atoms. The van der Waals surface area contributed by atoms with Gasteiger partial charge in [0.1, 0.15) is 56.9 Å². The molecule has 2 aliphatic carbocycles. The Kier molecular flexibility index (Phi) is 22.4. The third-order valence-corrected chi connectivity index (χ3v) is 36.3. The van der Waals surface area contributed by atoms with Gasteiger partial charge >= 0.3 is 0 Å². The predicted molar refractivity (Wildman–Crippen MR) is 363 cm³/mol. The Balaban J connectivity index is 0.000000146. The van der Waals surface area contributed by atoms with E-state index in [-0.39, 0.29) is 0 Å². The summed E-state index contributed by atoms with van der Waals surface area (Å²) in [5.41, 5.74) is 16.7. The molecule has 82 heavy (non-hydrogen) atoms. The molecule has 2 saturated carbocycles. The number of ether oxygens (including phenoxy) is 2. The first kappa shape index (κ1) is 62.1. The summed E-state index contributed by atoms with van der Waals surface area (Å²) in [6.07, 6.45) is 14.5. The number of aromatic nitrogens is 12. The molecule has 0 aliphatic heterocycles. The Bertz CT molecular complexity index is 4420. The summed E-state index contributed by atoms with van der Waals surface area (Å²) in [5, 5.41) is 21.2. The van der Waals surface area contributed by atoms with E-state index in [4.69, 9.17) is 68.2 Å². The van der Waals surface area contributed by atoms with Gasteiger partial charge in [0.25, 0.3) is 0 Å². The smallest absolute Gasteiger partial charge is 0.143 e. The number of aryl methyl sites for hydroxylation is 6. The fraction of sp³-hybridized carbons (Fsp3) is 0.373. The van der Waals surface area contributed by atoms with Gasteiger partial charge in [0.2, 0.25) is 0 Å². The highest BCUT2D eigenvalue weighted by Crippen LogP contribution is 2.42. The molecule has 8 heterocycles. The molecule has 0 radical (unpaired) electrons. The standard InChI is InChI=1S/C26H28N6O2.C17H15ClN4O2.C8H13N3.S13/c1-14-24(15(2)34-31-14)20-12-21-19(13-23(20)33-4)25-22(28-16(3)29-26(25)30-21)11-18-9-10-27-32(18)17-7-5-6-8-17;1-7-14(8(2)24-22-7)11-5-12-10(6-13(11)23-4)15-16(18)19-9(3)20-17(15)21-12;9-8-5-6-10-11(8)7-3-1-2-4-7;1-3-5-7-9-11-13-12-10-8-6-4-2/h9-10,12-13,17H,5-8,11H2,1-4H3,(H,28,29,30);5-6H,1-4H3,(H,19,20,21);5-7H,1-4,9H2;. The van der Waals surface area contributed by atoms with Crippen molar-refractivity contribution in [3.63, 3.8) is 0 Å². The van der Waals surface area contributed by atoms with Crippen molar-refractivity contribution in [3.8, 4) is 33.8 Å². The van der Waals surface area contributed by atoms with Gasteiger partial charge in [-0.25, -0.2) is 24.6 Å². The van der Waals surface area contributed by atoms with E-state index in [0.29, 0.717) is 35.1 Å². The number of H-pyrrole nitrogens is 2. The van der Waals surface area contributed by atoms with Crippen molar-refractivity contribution in [2.24, 2.45) is 0 Å². The van der Waals surface area contributed by atoms with Gasteiger partial charge in [-0.05, 0) is 104 Å². The van der Waals surface area contributed by atoms with Crippen LogP contribution in [-0.2, 0) is 126 Å². The van der Waals surface area contributed by atoms with Crippen LogP contribution in [0.25, 0.3) is 66.1 Å². The lowest BCUT2D eigenvalue weighted by atomic mass is 10.00. The van der Waals surface area contributed by atoms with Crippen LogP contribution in [-0.4, -0.2) is 74.0 Å². The zero-order chi connectivity index (χ0) is 57.9. The van der Waals surface area contributed by atoms with Crippen molar-refractivity contribution < 1.29 is 18.5 Å². The Hall–Kier alpha value is -4.41. The number of aromatic amines is 2. The van der Waals surface area contributed by atoms with Crippen molar-refractivity contribution in [3.05, 3.63) is 99.9 Å². The van der Waals surface area contributed by atoms with Crippen molar-refractivity contribution in [1.82, 2.24) is 59.8 Å². The zero-order valence-corrected chi connectivity index (χ0v) is 56.9. The SMILES string of the molecule is COc1cc2c(cc1-c1c(C)noc1C)[nH]c1nc(C)nc(Cc3ccnn3C3CCCC3)c12.COc1cc2c(cc1-c1c(C)noc1C)[nH]c1nc(C)nc(Cl)c12.Nc1ccnn1C1CCCC1.S=S=S=S=S=S=S=S=S=S=S=S=S. The predicted octanol–water partition coefficient (Wildman–Crippen LogP) is 11.5.